The SMILES string of the molecule is Cc1c(NC2CCC(N)CC2)nc2ccnn2c1NCCC(C)C.O=C(O)C(F)(F)F. The average molecular weight is 445 g/mol. The Labute approximate surface area is 179 Å². The van der Waals surface area contributed by atoms with Gasteiger partial charge in [0.1, 0.15) is 11.6 Å². The quantitative estimate of drug-likeness (QED) is 0.535. The minimum atomic E-state index is -5.08. The lowest BCUT2D eigenvalue weighted by molar-refractivity contribution is -0.192. The maximum atomic E-state index is 10.6. The largest absolute Gasteiger partial charge is 0.490 e. The van der Waals surface area contributed by atoms with Gasteiger partial charge in [-0.3, -0.25) is 0 Å². The van der Waals surface area contributed by atoms with E-state index in [-0.39, 0.29) is 0 Å². The summed E-state index contributed by atoms with van der Waals surface area (Å²) in [5.41, 5.74) is 8.03. The van der Waals surface area contributed by atoms with Crippen LogP contribution >= 0.6 is 0 Å². The summed E-state index contributed by atoms with van der Waals surface area (Å²) >= 11 is 0. The minimum absolute atomic E-state index is 0.364. The third-order valence-electron chi connectivity index (χ3n) is 5.14. The van der Waals surface area contributed by atoms with Crippen LogP contribution in [0.15, 0.2) is 12.3 Å². The zero-order chi connectivity index (χ0) is 23.2. The standard InChI is InChI=1S/C18H30N6.C2HF3O2/c1-12(2)8-10-20-18-13(3)17(23-16-9-11-21-24(16)18)22-15-6-4-14(19)5-7-15;3-2(4,5)1(6)7/h9,11-12,14-15,20H,4-8,10,19H2,1-3H3,(H,22,23);(H,6,7). The van der Waals surface area contributed by atoms with Crippen LogP contribution in [0.4, 0.5) is 24.8 Å². The van der Waals surface area contributed by atoms with E-state index in [0.29, 0.717) is 18.0 Å². The molecule has 0 spiro atoms. The van der Waals surface area contributed by atoms with E-state index >= 15 is 0 Å². The van der Waals surface area contributed by atoms with Crippen molar-refractivity contribution in [2.45, 2.75) is 71.1 Å². The molecule has 0 radical (unpaired) electrons. The third-order valence-corrected chi connectivity index (χ3v) is 5.14. The molecule has 1 fully saturated rings. The number of aromatic nitrogens is 3. The number of aliphatic carboxylic acids is 1. The molecule has 31 heavy (non-hydrogen) atoms. The lowest BCUT2D eigenvalue weighted by Gasteiger charge is -2.28. The van der Waals surface area contributed by atoms with Gasteiger partial charge in [0.15, 0.2) is 5.65 Å². The second-order valence-electron chi connectivity index (χ2n) is 8.20. The Morgan fingerprint density at radius 1 is 1.32 bits per heavy atom. The molecule has 8 nitrogen and oxygen atoms in total. The molecule has 174 valence electrons. The molecule has 0 atom stereocenters. The van der Waals surface area contributed by atoms with Crippen molar-refractivity contribution in [3.05, 3.63) is 17.8 Å². The van der Waals surface area contributed by atoms with Gasteiger partial charge in [-0.1, -0.05) is 13.8 Å². The van der Waals surface area contributed by atoms with Gasteiger partial charge >= 0.3 is 12.1 Å². The smallest absolute Gasteiger partial charge is 0.475 e. The van der Waals surface area contributed by atoms with Gasteiger partial charge in [-0.05, 0) is 44.9 Å². The summed E-state index contributed by atoms with van der Waals surface area (Å²) in [6.07, 6.45) is 2.26. The molecule has 0 unspecified atom stereocenters. The van der Waals surface area contributed by atoms with E-state index in [4.69, 9.17) is 20.6 Å². The van der Waals surface area contributed by atoms with Gasteiger partial charge in [0.25, 0.3) is 0 Å². The fourth-order valence-electron chi connectivity index (χ4n) is 3.31. The van der Waals surface area contributed by atoms with Gasteiger partial charge in [0, 0.05) is 30.3 Å². The molecule has 2 aromatic heterocycles. The summed E-state index contributed by atoms with van der Waals surface area (Å²) in [5.74, 6) is -0.0690. The number of carboxylic acids is 1. The Kier molecular flexibility index (Phi) is 8.49. The highest BCUT2D eigenvalue weighted by atomic mass is 19.4. The summed E-state index contributed by atoms with van der Waals surface area (Å²) in [7, 11) is 0. The summed E-state index contributed by atoms with van der Waals surface area (Å²) in [5, 5.41) is 18.7. The lowest BCUT2D eigenvalue weighted by Crippen LogP contribution is -2.33. The second-order valence-corrected chi connectivity index (χ2v) is 8.20. The van der Waals surface area contributed by atoms with Crippen molar-refractivity contribution in [3.8, 4) is 0 Å². The number of nitrogens with zero attached hydrogens (tertiary/aromatic N) is 3. The Hall–Kier alpha value is -2.56. The molecule has 3 rings (SSSR count). The number of nitrogens with two attached hydrogens (primary N) is 1. The second kappa shape index (κ2) is 10.7. The van der Waals surface area contributed by atoms with Gasteiger partial charge < -0.3 is 21.5 Å². The van der Waals surface area contributed by atoms with Crippen molar-refractivity contribution in [2.75, 3.05) is 17.2 Å². The number of nitrogens with one attached hydrogen (secondary N) is 2. The summed E-state index contributed by atoms with van der Waals surface area (Å²) in [4.78, 5) is 13.7. The van der Waals surface area contributed by atoms with Gasteiger partial charge in [-0.2, -0.15) is 22.8 Å². The zero-order valence-electron chi connectivity index (χ0n) is 18.0. The third kappa shape index (κ3) is 7.27. The Morgan fingerprint density at radius 2 is 1.94 bits per heavy atom. The number of fused-ring (bicyclic) bond motifs is 1. The number of hydrogen-bond donors (Lipinski definition) is 4. The first-order valence-corrected chi connectivity index (χ1v) is 10.4. The van der Waals surface area contributed by atoms with Crippen LogP contribution in [0.5, 0.6) is 0 Å². The normalized spacial score (nSPS) is 19.1. The van der Waals surface area contributed by atoms with Crippen molar-refractivity contribution in [1.29, 1.82) is 0 Å². The maximum absolute atomic E-state index is 10.6. The number of alkyl halides is 3. The molecular formula is C20H31F3N6O2. The van der Waals surface area contributed by atoms with Crippen molar-refractivity contribution >= 4 is 23.3 Å². The van der Waals surface area contributed by atoms with E-state index in [1.165, 1.54) is 0 Å². The van der Waals surface area contributed by atoms with E-state index in [1.54, 1.807) is 6.20 Å². The number of halogens is 3. The van der Waals surface area contributed by atoms with Crippen LogP contribution in [0.25, 0.3) is 5.65 Å². The lowest BCUT2D eigenvalue weighted by atomic mass is 9.92. The molecule has 5 N–H and O–H groups in total. The first-order valence-electron chi connectivity index (χ1n) is 10.4. The highest BCUT2D eigenvalue weighted by Gasteiger charge is 2.38. The van der Waals surface area contributed by atoms with Crippen molar-refractivity contribution in [3.63, 3.8) is 0 Å². The first kappa shape index (κ1) is 24.7. The van der Waals surface area contributed by atoms with Gasteiger partial charge in [0.2, 0.25) is 0 Å². The highest BCUT2D eigenvalue weighted by Crippen LogP contribution is 2.27. The molecule has 0 aliphatic heterocycles. The van der Waals surface area contributed by atoms with Crippen LogP contribution in [0.2, 0.25) is 0 Å². The van der Waals surface area contributed by atoms with Crippen LogP contribution in [-0.4, -0.2) is 50.5 Å². The van der Waals surface area contributed by atoms with Gasteiger partial charge in [0.05, 0.1) is 6.20 Å². The topological polar surface area (TPSA) is 118 Å². The molecule has 1 aliphatic carbocycles. The summed E-state index contributed by atoms with van der Waals surface area (Å²) in [6.45, 7) is 7.54. The fourth-order valence-corrected chi connectivity index (χ4v) is 3.31. The average Bonchev–Trinajstić information content (AvgIpc) is 3.14. The number of carbonyl (C=O) groups is 1. The molecule has 2 aromatic rings. The Morgan fingerprint density at radius 3 is 2.48 bits per heavy atom. The van der Waals surface area contributed by atoms with Crippen LogP contribution in [0.3, 0.4) is 0 Å². The van der Waals surface area contributed by atoms with Crippen LogP contribution < -0.4 is 16.4 Å². The number of rotatable bonds is 6. The number of anilines is 2. The molecule has 0 aromatic carbocycles. The molecular weight excluding hydrogens is 413 g/mol. The van der Waals surface area contributed by atoms with E-state index in [0.717, 1.165) is 61.5 Å². The number of carboxylic acid groups (broad SMARTS) is 1. The van der Waals surface area contributed by atoms with Gasteiger partial charge in [-0.25, -0.2) is 9.78 Å². The highest BCUT2D eigenvalue weighted by molar-refractivity contribution is 5.73. The molecule has 0 amide bonds. The predicted octanol–water partition coefficient (Wildman–Crippen LogP) is 3.81. The monoisotopic (exact) mass is 444 g/mol. The van der Waals surface area contributed by atoms with E-state index in [2.05, 4.69) is 36.5 Å². The number of hydrogen-bond acceptors (Lipinski definition) is 6. The molecule has 0 bridgehead atoms. The Balaban J connectivity index is 0.000000423. The maximum Gasteiger partial charge on any atom is 0.490 e. The van der Waals surface area contributed by atoms with Crippen LogP contribution in [-0.2, 0) is 4.79 Å². The predicted molar refractivity (Wildman–Crippen MR) is 113 cm³/mol. The first-order chi connectivity index (χ1) is 14.5. The van der Waals surface area contributed by atoms with Crippen molar-refractivity contribution < 1.29 is 23.1 Å². The minimum Gasteiger partial charge on any atom is -0.475 e. The molecule has 0 saturated heterocycles. The fraction of sp³-hybridized carbons (Fsp3) is 0.650. The molecule has 1 saturated carbocycles. The van der Waals surface area contributed by atoms with Crippen LogP contribution in [0, 0.1) is 12.8 Å². The zero-order valence-corrected chi connectivity index (χ0v) is 18.0. The van der Waals surface area contributed by atoms with E-state index in [9.17, 15) is 13.2 Å². The van der Waals surface area contributed by atoms with E-state index in [1.807, 2.05) is 10.6 Å². The summed E-state index contributed by atoms with van der Waals surface area (Å²) in [6, 6.07) is 2.78. The van der Waals surface area contributed by atoms with E-state index < -0.39 is 12.1 Å². The molecule has 1 aliphatic rings. The summed E-state index contributed by atoms with van der Waals surface area (Å²) < 4.78 is 33.6. The molecule has 2 heterocycles. The Bertz CT molecular complexity index is 860. The molecule has 11 heteroatoms. The van der Waals surface area contributed by atoms with Crippen molar-refractivity contribution in [2.24, 2.45) is 11.7 Å². The van der Waals surface area contributed by atoms with Crippen LogP contribution in [0.1, 0.15) is 51.5 Å². The van der Waals surface area contributed by atoms with Crippen molar-refractivity contribution in [1.82, 2.24) is 14.6 Å². The van der Waals surface area contributed by atoms with Gasteiger partial charge in [-0.15, -0.1) is 0 Å².